The first-order chi connectivity index (χ1) is 8.26. The van der Waals surface area contributed by atoms with Crippen molar-refractivity contribution in [2.75, 3.05) is 0 Å². The highest BCUT2D eigenvalue weighted by molar-refractivity contribution is 5.76. The lowest BCUT2D eigenvalue weighted by atomic mass is 9.96. The highest BCUT2D eigenvalue weighted by Crippen LogP contribution is 2.28. The second-order valence-electron chi connectivity index (χ2n) is 4.62. The topological polar surface area (TPSA) is 82.7 Å². The molecular formula is C11H13N5O. The number of nitrogens with zero attached hydrogens (tertiary/aromatic N) is 3. The summed E-state index contributed by atoms with van der Waals surface area (Å²) in [6, 6.07) is 2.83. The minimum Gasteiger partial charge on any atom is -0.332 e. The molecule has 0 saturated carbocycles. The average Bonchev–Trinajstić information content (AvgIpc) is 3.04. The van der Waals surface area contributed by atoms with E-state index in [1.807, 2.05) is 6.07 Å². The number of hydrogen-bond acceptors (Lipinski definition) is 4. The summed E-state index contributed by atoms with van der Waals surface area (Å²) in [6.07, 6.45) is 6.15. The summed E-state index contributed by atoms with van der Waals surface area (Å²) in [4.78, 5) is 11.9. The number of aromatic nitrogens is 2. The standard InChI is InChI=1S/C11H13N5O/c12-4-7-5-13-16(6-7)11(17)15-10-3-8-1-2-9(10)14-8/h5-6,8-10,14H,1-3H2,(H,15,17)/t8-,9+,10-/m1/s1. The van der Waals surface area contributed by atoms with Crippen LogP contribution in [-0.4, -0.2) is 33.9 Å². The Balaban J connectivity index is 1.66. The second kappa shape index (κ2) is 3.86. The van der Waals surface area contributed by atoms with Gasteiger partial charge in [-0.25, -0.2) is 4.79 Å². The summed E-state index contributed by atoms with van der Waals surface area (Å²) in [6.45, 7) is 0. The Kier molecular flexibility index (Phi) is 2.34. The fourth-order valence-corrected chi connectivity index (χ4v) is 2.70. The average molecular weight is 231 g/mol. The molecule has 2 bridgehead atoms. The second-order valence-corrected chi connectivity index (χ2v) is 4.62. The summed E-state index contributed by atoms with van der Waals surface area (Å²) in [5.74, 6) is 0. The molecule has 0 radical (unpaired) electrons. The third-order valence-corrected chi connectivity index (χ3v) is 3.53. The zero-order valence-corrected chi connectivity index (χ0v) is 9.26. The highest BCUT2D eigenvalue weighted by atomic mass is 16.2. The van der Waals surface area contributed by atoms with Crippen LogP contribution in [0.25, 0.3) is 0 Å². The highest BCUT2D eigenvalue weighted by Gasteiger charge is 2.39. The van der Waals surface area contributed by atoms with Gasteiger partial charge >= 0.3 is 6.03 Å². The van der Waals surface area contributed by atoms with Crippen LogP contribution in [0.4, 0.5) is 4.79 Å². The Bertz CT molecular complexity index is 488. The molecule has 17 heavy (non-hydrogen) atoms. The Hall–Kier alpha value is -1.87. The van der Waals surface area contributed by atoms with Gasteiger partial charge in [0.25, 0.3) is 0 Å². The van der Waals surface area contributed by atoms with Gasteiger partial charge in [-0.1, -0.05) is 0 Å². The van der Waals surface area contributed by atoms with Gasteiger partial charge in [0.1, 0.15) is 6.07 Å². The minimum absolute atomic E-state index is 0.191. The maximum atomic E-state index is 11.9. The molecule has 88 valence electrons. The third-order valence-electron chi connectivity index (χ3n) is 3.53. The molecule has 1 aromatic rings. The first kappa shape index (κ1) is 10.3. The molecular weight excluding hydrogens is 218 g/mol. The van der Waals surface area contributed by atoms with Crippen LogP contribution in [0.15, 0.2) is 12.4 Å². The number of nitriles is 1. The monoisotopic (exact) mass is 231 g/mol. The fourth-order valence-electron chi connectivity index (χ4n) is 2.70. The lowest BCUT2D eigenvalue weighted by Gasteiger charge is -2.20. The van der Waals surface area contributed by atoms with Crippen LogP contribution in [0, 0.1) is 11.3 Å². The molecule has 0 spiro atoms. The predicted molar refractivity (Wildman–Crippen MR) is 59.2 cm³/mol. The van der Waals surface area contributed by atoms with Crippen LogP contribution in [0.2, 0.25) is 0 Å². The van der Waals surface area contributed by atoms with Crippen LogP contribution >= 0.6 is 0 Å². The number of fused-ring (bicyclic) bond motifs is 2. The lowest BCUT2D eigenvalue weighted by Crippen LogP contribution is -2.44. The first-order valence-corrected chi connectivity index (χ1v) is 5.78. The summed E-state index contributed by atoms with van der Waals surface area (Å²) in [5.41, 5.74) is 0.395. The third kappa shape index (κ3) is 1.78. The van der Waals surface area contributed by atoms with E-state index < -0.39 is 0 Å². The first-order valence-electron chi connectivity index (χ1n) is 5.78. The zero-order chi connectivity index (χ0) is 11.8. The predicted octanol–water partition coefficient (Wildman–Crippen LogP) is 0.205. The van der Waals surface area contributed by atoms with E-state index in [1.165, 1.54) is 23.5 Å². The van der Waals surface area contributed by atoms with Gasteiger partial charge in [0.05, 0.1) is 18.0 Å². The van der Waals surface area contributed by atoms with Gasteiger partial charge in [-0.2, -0.15) is 15.0 Å². The van der Waals surface area contributed by atoms with Crippen LogP contribution in [0.1, 0.15) is 24.8 Å². The van der Waals surface area contributed by atoms with E-state index in [2.05, 4.69) is 15.7 Å². The van der Waals surface area contributed by atoms with Gasteiger partial charge in [-0.3, -0.25) is 0 Å². The van der Waals surface area contributed by atoms with Crippen LogP contribution < -0.4 is 10.6 Å². The Morgan fingerprint density at radius 1 is 1.65 bits per heavy atom. The quantitative estimate of drug-likeness (QED) is 0.723. The Labute approximate surface area is 98.6 Å². The number of carbonyl (C=O) groups excluding carboxylic acids is 1. The maximum absolute atomic E-state index is 11.9. The smallest absolute Gasteiger partial charge is 0.332 e. The molecule has 2 fully saturated rings. The molecule has 3 heterocycles. The van der Waals surface area contributed by atoms with E-state index in [9.17, 15) is 4.79 Å². The fraction of sp³-hybridized carbons (Fsp3) is 0.545. The van der Waals surface area contributed by atoms with Crippen molar-refractivity contribution in [3.8, 4) is 6.07 Å². The van der Waals surface area contributed by atoms with Crippen molar-refractivity contribution in [1.29, 1.82) is 5.26 Å². The Morgan fingerprint density at radius 2 is 2.53 bits per heavy atom. The van der Waals surface area contributed by atoms with Crippen molar-refractivity contribution in [3.05, 3.63) is 18.0 Å². The van der Waals surface area contributed by atoms with Crippen LogP contribution in [0.3, 0.4) is 0 Å². The van der Waals surface area contributed by atoms with Gasteiger partial charge in [-0.05, 0) is 19.3 Å². The van der Waals surface area contributed by atoms with E-state index in [4.69, 9.17) is 5.26 Å². The number of hydrogen-bond donors (Lipinski definition) is 2. The molecule has 1 aromatic heterocycles. The SMILES string of the molecule is N#Cc1cnn(C(=O)N[C@@H]2C[C@H]3CC[C@@H]2N3)c1. The van der Waals surface area contributed by atoms with E-state index in [-0.39, 0.29) is 12.1 Å². The summed E-state index contributed by atoms with van der Waals surface area (Å²) < 4.78 is 1.19. The van der Waals surface area contributed by atoms with Crippen molar-refractivity contribution in [2.24, 2.45) is 0 Å². The number of amides is 1. The van der Waals surface area contributed by atoms with Crippen molar-refractivity contribution < 1.29 is 4.79 Å². The molecule has 0 unspecified atom stereocenters. The summed E-state index contributed by atoms with van der Waals surface area (Å²) in [5, 5.41) is 18.9. The van der Waals surface area contributed by atoms with E-state index in [1.54, 1.807) is 0 Å². The molecule has 2 aliphatic rings. The van der Waals surface area contributed by atoms with Gasteiger partial charge in [0, 0.05) is 18.1 Å². The van der Waals surface area contributed by atoms with E-state index >= 15 is 0 Å². The molecule has 2 N–H and O–H groups in total. The van der Waals surface area contributed by atoms with Crippen molar-refractivity contribution in [3.63, 3.8) is 0 Å². The molecule has 2 aliphatic heterocycles. The van der Waals surface area contributed by atoms with Gasteiger partial charge in [0.15, 0.2) is 0 Å². The number of carbonyl (C=O) groups is 1. The summed E-state index contributed by atoms with van der Waals surface area (Å²) >= 11 is 0. The van der Waals surface area contributed by atoms with E-state index in [0.717, 1.165) is 12.8 Å². The molecule has 1 amide bonds. The van der Waals surface area contributed by atoms with E-state index in [0.29, 0.717) is 17.6 Å². The normalized spacial score (nSPS) is 30.2. The number of nitrogens with one attached hydrogen (secondary N) is 2. The van der Waals surface area contributed by atoms with Crippen molar-refractivity contribution in [2.45, 2.75) is 37.4 Å². The molecule has 3 rings (SSSR count). The minimum atomic E-state index is -0.258. The molecule has 0 aliphatic carbocycles. The lowest BCUT2D eigenvalue weighted by molar-refractivity contribution is 0.233. The molecule has 3 atom stereocenters. The zero-order valence-electron chi connectivity index (χ0n) is 9.26. The van der Waals surface area contributed by atoms with Gasteiger partial charge in [-0.15, -0.1) is 0 Å². The molecule has 2 saturated heterocycles. The van der Waals surface area contributed by atoms with Crippen molar-refractivity contribution in [1.82, 2.24) is 20.4 Å². The Morgan fingerprint density at radius 3 is 3.12 bits per heavy atom. The summed E-state index contributed by atoms with van der Waals surface area (Å²) in [7, 11) is 0. The van der Waals surface area contributed by atoms with Crippen LogP contribution in [0.5, 0.6) is 0 Å². The molecule has 6 nitrogen and oxygen atoms in total. The number of rotatable bonds is 1. The molecule has 0 aromatic carbocycles. The van der Waals surface area contributed by atoms with Crippen LogP contribution in [-0.2, 0) is 0 Å². The van der Waals surface area contributed by atoms with Crippen molar-refractivity contribution >= 4 is 6.03 Å². The van der Waals surface area contributed by atoms with Gasteiger partial charge in [0.2, 0.25) is 0 Å². The largest absolute Gasteiger partial charge is 0.342 e. The maximum Gasteiger partial charge on any atom is 0.342 e. The molecule has 6 heteroatoms. The van der Waals surface area contributed by atoms with Gasteiger partial charge < -0.3 is 10.6 Å².